The minimum absolute atomic E-state index is 0.105. The first-order valence-electron chi connectivity index (χ1n) is 5.73. The lowest BCUT2D eigenvalue weighted by Gasteiger charge is -2.11. The second kappa shape index (κ2) is 5.06. The highest BCUT2D eigenvalue weighted by Crippen LogP contribution is 2.22. The third-order valence-electron chi connectivity index (χ3n) is 2.95. The van der Waals surface area contributed by atoms with Crippen LogP contribution in [0.2, 0.25) is 0 Å². The summed E-state index contributed by atoms with van der Waals surface area (Å²) in [4.78, 5) is 11.9. The van der Waals surface area contributed by atoms with Crippen molar-refractivity contribution < 1.29 is 9.18 Å². The Bertz CT molecular complexity index is 420. The van der Waals surface area contributed by atoms with E-state index in [0.29, 0.717) is 6.42 Å². The van der Waals surface area contributed by atoms with Gasteiger partial charge in [0.1, 0.15) is 5.82 Å². The van der Waals surface area contributed by atoms with Crippen molar-refractivity contribution in [3.8, 4) is 0 Å². The van der Waals surface area contributed by atoms with Gasteiger partial charge < -0.3 is 0 Å². The molecule has 84 valence electrons. The third-order valence-corrected chi connectivity index (χ3v) is 2.95. The van der Waals surface area contributed by atoms with Crippen LogP contribution < -0.4 is 0 Å². The minimum Gasteiger partial charge on any atom is -0.294 e. The number of Topliss-reactive ketones (excluding diaryl/α,β-unsaturated/α-hetero) is 1. The fraction of sp³-hybridized carbons (Fsp3) is 0.357. The van der Waals surface area contributed by atoms with Gasteiger partial charge in [0.25, 0.3) is 0 Å². The number of hydrogen-bond acceptors (Lipinski definition) is 1. The molecule has 0 atom stereocenters. The Kier molecular flexibility index (Phi) is 3.50. The lowest BCUT2D eigenvalue weighted by atomic mass is 9.93. The molecule has 2 rings (SSSR count). The van der Waals surface area contributed by atoms with Crippen LogP contribution in [-0.2, 0) is 0 Å². The molecule has 0 unspecified atom stereocenters. The van der Waals surface area contributed by atoms with Crippen LogP contribution >= 0.6 is 0 Å². The molecule has 0 radical (unpaired) electrons. The predicted octanol–water partition coefficient (Wildman–Crippen LogP) is 3.90. The van der Waals surface area contributed by atoms with Crippen LogP contribution in [0.1, 0.15) is 42.5 Å². The number of benzene rings is 1. The van der Waals surface area contributed by atoms with E-state index in [2.05, 4.69) is 6.08 Å². The topological polar surface area (TPSA) is 17.1 Å². The van der Waals surface area contributed by atoms with E-state index in [1.54, 1.807) is 18.2 Å². The van der Waals surface area contributed by atoms with Crippen molar-refractivity contribution in [1.29, 1.82) is 0 Å². The average molecular weight is 218 g/mol. The number of hydrogen-bond donors (Lipinski definition) is 0. The van der Waals surface area contributed by atoms with Gasteiger partial charge in [0, 0.05) is 6.42 Å². The maximum Gasteiger partial charge on any atom is 0.169 e. The summed E-state index contributed by atoms with van der Waals surface area (Å²) in [6.07, 6.45) is 6.90. The largest absolute Gasteiger partial charge is 0.294 e. The van der Waals surface area contributed by atoms with Gasteiger partial charge >= 0.3 is 0 Å². The SMILES string of the molecule is O=C(CC1=CCCCC1)c1ccccc1F. The molecule has 0 bridgehead atoms. The van der Waals surface area contributed by atoms with E-state index < -0.39 is 5.82 Å². The molecule has 1 aliphatic carbocycles. The molecule has 16 heavy (non-hydrogen) atoms. The zero-order chi connectivity index (χ0) is 11.4. The molecular weight excluding hydrogens is 203 g/mol. The Morgan fingerprint density at radius 2 is 2.06 bits per heavy atom. The smallest absolute Gasteiger partial charge is 0.169 e. The fourth-order valence-corrected chi connectivity index (χ4v) is 2.05. The van der Waals surface area contributed by atoms with E-state index in [1.165, 1.54) is 18.1 Å². The maximum atomic E-state index is 13.4. The number of rotatable bonds is 3. The van der Waals surface area contributed by atoms with Crippen LogP contribution in [-0.4, -0.2) is 5.78 Å². The number of halogens is 1. The molecule has 0 saturated carbocycles. The van der Waals surface area contributed by atoms with Gasteiger partial charge in [-0.05, 0) is 37.8 Å². The van der Waals surface area contributed by atoms with Gasteiger partial charge in [0.05, 0.1) is 5.56 Å². The van der Waals surface area contributed by atoms with Gasteiger partial charge in [-0.15, -0.1) is 0 Å². The second-order valence-corrected chi connectivity index (χ2v) is 4.19. The Morgan fingerprint density at radius 3 is 2.75 bits per heavy atom. The molecule has 1 aromatic carbocycles. The van der Waals surface area contributed by atoms with E-state index >= 15 is 0 Å². The fourth-order valence-electron chi connectivity index (χ4n) is 2.05. The molecule has 0 aliphatic heterocycles. The molecule has 0 fully saturated rings. The second-order valence-electron chi connectivity index (χ2n) is 4.19. The maximum absolute atomic E-state index is 13.4. The van der Waals surface area contributed by atoms with Crippen LogP contribution in [0.15, 0.2) is 35.9 Å². The summed E-state index contributed by atoms with van der Waals surface area (Å²) in [5.41, 5.74) is 1.38. The highest BCUT2D eigenvalue weighted by atomic mass is 19.1. The van der Waals surface area contributed by atoms with Crippen molar-refractivity contribution in [3.63, 3.8) is 0 Å². The quantitative estimate of drug-likeness (QED) is 0.555. The van der Waals surface area contributed by atoms with E-state index in [0.717, 1.165) is 19.3 Å². The first-order valence-corrected chi connectivity index (χ1v) is 5.73. The lowest BCUT2D eigenvalue weighted by molar-refractivity contribution is 0.0987. The number of carbonyl (C=O) groups is 1. The van der Waals surface area contributed by atoms with Crippen molar-refractivity contribution in [2.45, 2.75) is 32.1 Å². The number of ketones is 1. The van der Waals surface area contributed by atoms with Gasteiger partial charge in [-0.2, -0.15) is 0 Å². The standard InChI is InChI=1S/C14H15FO/c15-13-9-5-4-8-12(13)14(16)10-11-6-2-1-3-7-11/h4-6,8-9H,1-3,7,10H2. The summed E-state index contributed by atoms with van der Waals surface area (Å²) in [6.45, 7) is 0. The monoisotopic (exact) mass is 218 g/mol. The molecule has 0 spiro atoms. The van der Waals surface area contributed by atoms with Gasteiger partial charge in [0.15, 0.2) is 5.78 Å². The molecule has 1 nitrogen and oxygen atoms in total. The van der Waals surface area contributed by atoms with Crippen molar-refractivity contribution in [3.05, 3.63) is 47.3 Å². The van der Waals surface area contributed by atoms with E-state index in [9.17, 15) is 9.18 Å². The highest BCUT2D eigenvalue weighted by molar-refractivity contribution is 5.97. The summed E-state index contributed by atoms with van der Waals surface area (Å²) >= 11 is 0. The minimum atomic E-state index is -0.413. The number of carbonyl (C=O) groups excluding carboxylic acids is 1. The molecule has 1 aromatic rings. The van der Waals surface area contributed by atoms with Crippen LogP contribution in [0.4, 0.5) is 4.39 Å². The Balaban J connectivity index is 2.08. The van der Waals surface area contributed by atoms with Crippen molar-refractivity contribution in [2.75, 3.05) is 0 Å². The third kappa shape index (κ3) is 2.57. The molecule has 0 aromatic heterocycles. The molecule has 0 saturated heterocycles. The number of allylic oxidation sites excluding steroid dienone is 2. The zero-order valence-corrected chi connectivity index (χ0v) is 9.21. The van der Waals surface area contributed by atoms with Crippen molar-refractivity contribution in [2.24, 2.45) is 0 Å². The normalized spacial score (nSPS) is 15.7. The summed E-state index contributed by atoms with van der Waals surface area (Å²) < 4.78 is 13.4. The summed E-state index contributed by atoms with van der Waals surface area (Å²) in [7, 11) is 0. The molecule has 2 heteroatoms. The van der Waals surface area contributed by atoms with Crippen LogP contribution in [0.25, 0.3) is 0 Å². The summed E-state index contributed by atoms with van der Waals surface area (Å²) in [6, 6.07) is 6.20. The Hall–Kier alpha value is -1.44. The molecule has 0 amide bonds. The van der Waals surface area contributed by atoms with Crippen molar-refractivity contribution >= 4 is 5.78 Å². The molecule has 0 heterocycles. The van der Waals surface area contributed by atoms with Gasteiger partial charge in [-0.25, -0.2) is 4.39 Å². The van der Waals surface area contributed by atoms with Crippen molar-refractivity contribution in [1.82, 2.24) is 0 Å². The zero-order valence-electron chi connectivity index (χ0n) is 9.21. The van der Waals surface area contributed by atoms with E-state index in [4.69, 9.17) is 0 Å². The molecule has 1 aliphatic rings. The van der Waals surface area contributed by atoms with Gasteiger partial charge in [0.2, 0.25) is 0 Å². The first kappa shape index (κ1) is 11.1. The summed E-state index contributed by atoms with van der Waals surface area (Å²) in [5.74, 6) is -0.518. The average Bonchev–Trinajstić information content (AvgIpc) is 2.31. The van der Waals surface area contributed by atoms with Crippen LogP contribution in [0, 0.1) is 5.82 Å². The predicted molar refractivity (Wildman–Crippen MR) is 61.9 cm³/mol. The lowest BCUT2D eigenvalue weighted by Crippen LogP contribution is -2.05. The Labute approximate surface area is 95.0 Å². The van der Waals surface area contributed by atoms with Gasteiger partial charge in [-0.1, -0.05) is 23.8 Å². The van der Waals surface area contributed by atoms with E-state index in [1.807, 2.05) is 0 Å². The summed E-state index contributed by atoms with van der Waals surface area (Å²) in [5, 5.41) is 0. The van der Waals surface area contributed by atoms with E-state index in [-0.39, 0.29) is 11.3 Å². The molecule has 0 N–H and O–H groups in total. The highest BCUT2D eigenvalue weighted by Gasteiger charge is 2.13. The first-order chi connectivity index (χ1) is 7.77. The van der Waals surface area contributed by atoms with Crippen LogP contribution in [0.3, 0.4) is 0 Å². The molecular formula is C14H15FO. The van der Waals surface area contributed by atoms with Gasteiger partial charge in [-0.3, -0.25) is 4.79 Å². The Morgan fingerprint density at radius 1 is 1.25 bits per heavy atom. The van der Waals surface area contributed by atoms with Crippen LogP contribution in [0.5, 0.6) is 0 Å².